The fraction of sp³-hybridized carbons (Fsp3) is 0.118. The van der Waals surface area contributed by atoms with Gasteiger partial charge < -0.3 is 9.47 Å². The highest BCUT2D eigenvalue weighted by Gasteiger charge is 2.20. The standard InChI is InChI=1S/C17H16O3/c1-19-16(14-11-7-4-8-12-14)17(20-2)15(18)13-9-5-3-6-10-13/h3-12H,1-2H3/b17-16+. The number of ketones is 1. The van der Waals surface area contributed by atoms with Crippen molar-refractivity contribution in [1.82, 2.24) is 0 Å². The van der Waals surface area contributed by atoms with E-state index in [-0.39, 0.29) is 11.5 Å². The Bertz CT molecular complexity index is 601. The van der Waals surface area contributed by atoms with E-state index in [1.807, 2.05) is 48.5 Å². The van der Waals surface area contributed by atoms with E-state index in [2.05, 4.69) is 0 Å². The molecule has 0 aliphatic rings. The van der Waals surface area contributed by atoms with Crippen LogP contribution in [-0.4, -0.2) is 20.0 Å². The maximum Gasteiger partial charge on any atom is 0.231 e. The van der Waals surface area contributed by atoms with Crippen LogP contribution in [0.25, 0.3) is 5.76 Å². The molecular weight excluding hydrogens is 252 g/mol. The normalized spacial score (nSPS) is 11.5. The molecule has 0 heterocycles. The molecule has 0 amide bonds. The molecule has 0 aliphatic heterocycles. The predicted molar refractivity (Wildman–Crippen MR) is 78.2 cm³/mol. The zero-order chi connectivity index (χ0) is 14.4. The van der Waals surface area contributed by atoms with Gasteiger partial charge in [0, 0.05) is 11.1 Å². The third-order valence-electron chi connectivity index (χ3n) is 2.89. The summed E-state index contributed by atoms with van der Waals surface area (Å²) >= 11 is 0. The van der Waals surface area contributed by atoms with Crippen molar-refractivity contribution in [3.8, 4) is 0 Å². The largest absolute Gasteiger partial charge is 0.492 e. The van der Waals surface area contributed by atoms with Gasteiger partial charge in [-0.25, -0.2) is 0 Å². The van der Waals surface area contributed by atoms with E-state index in [1.165, 1.54) is 14.2 Å². The number of carbonyl (C=O) groups is 1. The van der Waals surface area contributed by atoms with Crippen molar-refractivity contribution >= 4 is 11.5 Å². The number of ether oxygens (including phenoxy) is 2. The molecule has 0 fully saturated rings. The molecule has 20 heavy (non-hydrogen) atoms. The summed E-state index contributed by atoms with van der Waals surface area (Å²) in [6, 6.07) is 18.4. The second-order valence-corrected chi connectivity index (χ2v) is 4.13. The molecule has 0 saturated heterocycles. The number of methoxy groups -OCH3 is 2. The Labute approximate surface area is 118 Å². The van der Waals surface area contributed by atoms with Crippen molar-refractivity contribution in [2.45, 2.75) is 0 Å². The maximum atomic E-state index is 12.5. The Morgan fingerprint density at radius 2 is 1.25 bits per heavy atom. The van der Waals surface area contributed by atoms with Crippen molar-refractivity contribution < 1.29 is 14.3 Å². The van der Waals surface area contributed by atoms with Gasteiger partial charge >= 0.3 is 0 Å². The summed E-state index contributed by atoms with van der Waals surface area (Å²) < 4.78 is 10.6. The van der Waals surface area contributed by atoms with Gasteiger partial charge in [-0.3, -0.25) is 4.79 Å². The van der Waals surface area contributed by atoms with Gasteiger partial charge in [0.1, 0.15) is 0 Å². The van der Waals surface area contributed by atoms with Gasteiger partial charge in [0.2, 0.25) is 11.5 Å². The Balaban J connectivity index is 2.48. The lowest BCUT2D eigenvalue weighted by Crippen LogP contribution is -2.09. The molecular formula is C17H16O3. The van der Waals surface area contributed by atoms with Crippen molar-refractivity contribution in [2.75, 3.05) is 14.2 Å². The number of carbonyl (C=O) groups excluding carboxylic acids is 1. The van der Waals surface area contributed by atoms with E-state index in [1.54, 1.807) is 12.1 Å². The first-order valence-corrected chi connectivity index (χ1v) is 6.25. The van der Waals surface area contributed by atoms with Crippen LogP contribution in [0.5, 0.6) is 0 Å². The van der Waals surface area contributed by atoms with Crippen molar-refractivity contribution in [3.05, 3.63) is 77.5 Å². The van der Waals surface area contributed by atoms with Crippen LogP contribution in [0.1, 0.15) is 15.9 Å². The van der Waals surface area contributed by atoms with E-state index in [9.17, 15) is 4.79 Å². The fourth-order valence-electron chi connectivity index (χ4n) is 1.94. The van der Waals surface area contributed by atoms with Crippen LogP contribution in [-0.2, 0) is 9.47 Å². The minimum Gasteiger partial charge on any atom is -0.492 e. The summed E-state index contributed by atoms with van der Waals surface area (Å²) in [5.41, 5.74) is 1.37. The molecule has 102 valence electrons. The molecule has 2 aromatic rings. The summed E-state index contributed by atoms with van der Waals surface area (Å²) in [5.74, 6) is 0.431. The zero-order valence-corrected chi connectivity index (χ0v) is 11.5. The van der Waals surface area contributed by atoms with Crippen molar-refractivity contribution in [1.29, 1.82) is 0 Å². The third-order valence-corrected chi connectivity index (χ3v) is 2.89. The minimum atomic E-state index is -0.200. The maximum absolute atomic E-state index is 12.5. The monoisotopic (exact) mass is 268 g/mol. The van der Waals surface area contributed by atoms with E-state index in [0.29, 0.717) is 11.3 Å². The number of benzene rings is 2. The Morgan fingerprint density at radius 3 is 1.70 bits per heavy atom. The van der Waals surface area contributed by atoms with Gasteiger partial charge in [0.25, 0.3) is 0 Å². The number of Topliss-reactive ketones (excluding diaryl/α,β-unsaturated/α-hetero) is 1. The molecule has 2 rings (SSSR count). The van der Waals surface area contributed by atoms with Gasteiger partial charge in [-0.2, -0.15) is 0 Å². The number of hydrogen-bond acceptors (Lipinski definition) is 3. The highest BCUT2D eigenvalue weighted by molar-refractivity contribution is 6.11. The van der Waals surface area contributed by atoms with Gasteiger partial charge in [0.05, 0.1) is 14.2 Å². The second-order valence-electron chi connectivity index (χ2n) is 4.13. The average Bonchev–Trinajstić information content (AvgIpc) is 2.53. The van der Waals surface area contributed by atoms with Crippen LogP contribution < -0.4 is 0 Å². The molecule has 3 nitrogen and oxygen atoms in total. The molecule has 0 spiro atoms. The van der Waals surface area contributed by atoms with Crippen LogP contribution in [0.4, 0.5) is 0 Å². The molecule has 0 aliphatic carbocycles. The third kappa shape index (κ3) is 2.88. The lowest BCUT2D eigenvalue weighted by molar-refractivity contribution is 0.0947. The van der Waals surface area contributed by atoms with Crippen molar-refractivity contribution in [2.24, 2.45) is 0 Å². The molecule has 0 saturated carbocycles. The van der Waals surface area contributed by atoms with E-state index in [0.717, 1.165) is 5.56 Å². The van der Waals surface area contributed by atoms with Gasteiger partial charge in [-0.15, -0.1) is 0 Å². The summed E-state index contributed by atoms with van der Waals surface area (Å²) in [5, 5.41) is 0. The SMILES string of the molecule is CO/C(C(=O)c1ccccc1)=C(/OC)c1ccccc1. The van der Waals surface area contributed by atoms with E-state index < -0.39 is 0 Å². The van der Waals surface area contributed by atoms with Crippen molar-refractivity contribution in [3.63, 3.8) is 0 Å². The Hall–Kier alpha value is -2.55. The smallest absolute Gasteiger partial charge is 0.231 e. The van der Waals surface area contributed by atoms with Gasteiger partial charge in [-0.05, 0) is 0 Å². The second kappa shape index (κ2) is 6.57. The molecule has 0 aromatic heterocycles. The quantitative estimate of drug-likeness (QED) is 0.473. The fourth-order valence-corrected chi connectivity index (χ4v) is 1.94. The predicted octanol–water partition coefficient (Wildman–Crippen LogP) is 3.53. The van der Waals surface area contributed by atoms with Crippen LogP contribution in [0.15, 0.2) is 66.4 Å². The molecule has 2 aromatic carbocycles. The number of allylic oxidation sites excluding steroid dienone is 1. The molecule has 0 bridgehead atoms. The first kappa shape index (κ1) is 13.9. The van der Waals surface area contributed by atoms with E-state index >= 15 is 0 Å². The summed E-state index contributed by atoms with van der Waals surface area (Å²) in [7, 11) is 3.00. The summed E-state index contributed by atoms with van der Waals surface area (Å²) in [4.78, 5) is 12.5. The molecule has 0 unspecified atom stereocenters. The first-order chi connectivity index (χ1) is 9.77. The average molecular weight is 268 g/mol. The van der Waals surface area contributed by atoms with Crippen LogP contribution in [0.2, 0.25) is 0 Å². The van der Waals surface area contributed by atoms with Gasteiger partial charge in [0.15, 0.2) is 5.76 Å². The van der Waals surface area contributed by atoms with Crippen LogP contribution >= 0.6 is 0 Å². The lowest BCUT2D eigenvalue weighted by Gasteiger charge is -2.12. The molecule has 0 radical (unpaired) electrons. The molecule has 0 atom stereocenters. The topological polar surface area (TPSA) is 35.5 Å². The lowest BCUT2D eigenvalue weighted by atomic mass is 10.1. The first-order valence-electron chi connectivity index (χ1n) is 6.25. The summed E-state index contributed by atoms with van der Waals surface area (Å²) in [6.45, 7) is 0. The molecule has 0 N–H and O–H groups in total. The number of rotatable bonds is 5. The minimum absolute atomic E-state index is 0.199. The molecule has 3 heteroatoms. The Kier molecular flexibility index (Phi) is 4.56. The zero-order valence-electron chi connectivity index (χ0n) is 11.5. The summed E-state index contributed by atoms with van der Waals surface area (Å²) in [6.07, 6.45) is 0. The van der Waals surface area contributed by atoms with Crippen LogP contribution in [0.3, 0.4) is 0 Å². The van der Waals surface area contributed by atoms with E-state index in [4.69, 9.17) is 9.47 Å². The van der Waals surface area contributed by atoms with Crippen LogP contribution in [0, 0.1) is 0 Å². The highest BCUT2D eigenvalue weighted by atomic mass is 16.5. The van der Waals surface area contributed by atoms with Gasteiger partial charge in [-0.1, -0.05) is 60.7 Å². The number of hydrogen-bond donors (Lipinski definition) is 0. The highest BCUT2D eigenvalue weighted by Crippen LogP contribution is 2.22. The Morgan fingerprint density at radius 1 is 0.750 bits per heavy atom.